The summed E-state index contributed by atoms with van der Waals surface area (Å²) in [5.41, 5.74) is 2.06. The van der Waals surface area contributed by atoms with Crippen molar-refractivity contribution in [2.24, 2.45) is 0 Å². The zero-order valence-electron chi connectivity index (χ0n) is 15.2. The van der Waals surface area contributed by atoms with Crippen molar-refractivity contribution >= 4 is 8.56 Å². The Hall–Kier alpha value is -0.383. The first kappa shape index (κ1) is 19.7. The second kappa shape index (κ2) is 11.2. The quantitative estimate of drug-likeness (QED) is 0.299. The van der Waals surface area contributed by atoms with Crippen LogP contribution in [0, 0.1) is 0 Å². The summed E-state index contributed by atoms with van der Waals surface area (Å²) in [6.45, 7) is 10.3. The van der Waals surface area contributed by atoms with Gasteiger partial charge in [0.2, 0.25) is 0 Å². The van der Waals surface area contributed by atoms with Crippen LogP contribution in [-0.4, -0.2) is 21.8 Å². The van der Waals surface area contributed by atoms with E-state index in [1.165, 1.54) is 44.1 Å². The van der Waals surface area contributed by atoms with Gasteiger partial charge in [-0.25, -0.2) is 0 Å². The third kappa shape index (κ3) is 6.80. The number of unbranched alkanes of at least 4 members (excludes halogenated alkanes) is 4. The lowest BCUT2D eigenvalue weighted by atomic mass is 10.0. The van der Waals surface area contributed by atoms with Gasteiger partial charge in [-0.2, -0.15) is 0 Å². The fraction of sp³-hybridized carbons (Fsp3) is 0.789. The van der Waals surface area contributed by atoms with E-state index in [1.807, 2.05) is 0 Å². The summed E-state index contributed by atoms with van der Waals surface area (Å²) in [7, 11) is -2.09. The Morgan fingerprint density at radius 2 is 1.73 bits per heavy atom. The Kier molecular flexibility index (Phi) is 10.0. The van der Waals surface area contributed by atoms with Crippen molar-refractivity contribution in [2.45, 2.75) is 84.2 Å². The van der Waals surface area contributed by atoms with Gasteiger partial charge < -0.3 is 8.85 Å². The predicted molar refractivity (Wildman–Crippen MR) is 98.5 cm³/mol. The Bertz CT molecular complexity index is 343. The van der Waals surface area contributed by atoms with Crippen molar-refractivity contribution in [1.82, 2.24) is 0 Å². The van der Waals surface area contributed by atoms with Crippen molar-refractivity contribution in [3.05, 3.63) is 23.8 Å². The molecule has 0 saturated heterocycles. The lowest BCUT2D eigenvalue weighted by Gasteiger charge is -2.34. The molecule has 128 valence electrons. The van der Waals surface area contributed by atoms with Crippen molar-refractivity contribution in [2.75, 3.05) is 13.2 Å². The third-order valence-electron chi connectivity index (χ3n) is 4.59. The molecule has 0 N–H and O–H groups in total. The van der Waals surface area contributed by atoms with Crippen LogP contribution in [0.25, 0.3) is 0 Å². The summed E-state index contributed by atoms with van der Waals surface area (Å²) in [6.07, 6.45) is 17.1. The highest BCUT2D eigenvalue weighted by molar-refractivity contribution is 6.67. The first-order chi connectivity index (χ1) is 10.7. The van der Waals surface area contributed by atoms with Gasteiger partial charge >= 0.3 is 8.56 Å². The van der Waals surface area contributed by atoms with Crippen molar-refractivity contribution in [3.8, 4) is 0 Å². The monoisotopic (exact) mass is 324 g/mol. The zero-order valence-corrected chi connectivity index (χ0v) is 16.2. The number of allylic oxidation sites excluding steroid dienone is 4. The molecule has 0 aliphatic heterocycles. The molecule has 0 saturated carbocycles. The summed E-state index contributed by atoms with van der Waals surface area (Å²) in [6, 6.07) is 0. The third-order valence-corrected chi connectivity index (χ3v) is 8.29. The number of hydrogen-bond acceptors (Lipinski definition) is 2. The van der Waals surface area contributed by atoms with Crippen LogP contribution in [0.1, 0.15) is 72.1 Å². The molecule has 1 aliphatic carbocycles. The van der Waals surface area contributed by atoms with Gasteiger partial charge in [-0.05, 0) is 39.7 Å². The summed E-state index contributed by atoms with van der Waals surface area (Å²) >= 11 is 0. The molecule has 0 aromatic carbocycles. The second-order valence-corrected chi connectivity index (χ2v) is 9.83. The van der Waals surface area contributed by atoms with E-state index in [1.54, 1.807) is 0 Å². The van der Waals surface area contributed by atoms with Crippen molar-refractivity contribution in [3.63, 3.8) is 0 Å². The SMILES string of the molecule is CCCCCCCC(CC1=CCC=C1)[Si](C)(OCC)OCC. The highest BCUT2D eigenvalue weighted by Gasteiger charge is 2.40. The Labute approximate surface area is 139 Å². The van der Waals surface area contributed by atoms with E-state index >= 15 is 0 Å². The molecule has 0 aromatic heterocycles. The van der Waals surface area contributed by atoms with Crippen LogP contribution in [-0.2, 0) is 8.85 Å². The minimum atomic E-state index is -2.09. The highest BCUT2D eigenvalue weighted by Crippen LogP contribution is 2.37. The Morgan fingerprint density at radius 1 is 1.05 bits per heavy atom. The van der Waals surface area contributed by atoms with Gasteiger partial charge in [-0.3, -0.25) is 0 Å². The van der Waals surface area contributed by atoms with E-state index < -0.39 is 8.56 Å². The molecule has 0 spiro atoms. The Balaban J connectivity index is 2.63. The first-order valence-electron chi connectivity index (χ1n) is 9.29. The van der Waals surface area contributed by atoms with E-state index in [4.69, 9.17) is 8.85 Å². The number of hydrogen-bond donors (Lipinski definition) is 0. The van der Waals surface area contributed by atoms with E-state index in [0.29, 0.717) is 5.54 Å². The molecule has 0 heterocycles. The van der Waals surface area contributed by atoms with Crippen LogP contribution in [0.2, 0.25) is 12.1 Å². The molecule has 0 amide bonds. The topological polar surface area (TPSA) is 18.5 Å². The van der Waals surface area contributed by atoms with Gasteiger partial charge in [-0.1, -0.05) is 62.8 Å². The van der Waals surface area contributed by atoms with E-state index in [0.717, 1.165) is 26.1 Å². The van der Waals surface area contributed by atoms with Crippen molar-refractivity contribution < 1.29 is 8.85 Å². The Morgan fingerprint density at radius 3 is 2.27 bits per heavy atom. The summed E-state index contributed by atoms with van der Waals surface area (Å²) in [5, 5.41) is 0. The lowest BCUT2D eigenvalue weighted by molar-refractivity contribution is 0.176. The van der Waals surface area contributed by atoms with E-state index in [2.05, 4.69) is 45.5 Å². The summed E-state index contributed by atoms with van der Waals surface area (Å²) < 4.78 is 12.4. The molecular weight excluding hydrogens is 288 g/mol. The van der Waals surface area contributed by atoms with Gasteiger partial charge in [0.1, 0.15) is 0 Å². The molecule has 1 rings (SSSR count). The average Bonchev–Trinajstić information content (AvgIpc) is 2.99. The zero-order chi connectivity index (χ0) is 16.3. The van der Waals surface area contributed by atoms with Gasteiger partial charge in [0.15, 0.2) is 0 Å². The van der Waals surface area contributed by atoms with E-state index in [-0.39, 0.29) is 0 Å². The van der Waals surface area contributed by atoms with Crippen LogP contribution in [0.3, 0.4) is 0 Å². The molecule has 1 atom stereocenters. The fourth-order valence-electron chi connectivity index (χ4n) is 3.34. The van der Waals surface area contributed by atoms with Crippen LogP contribution in [0.4, 0.5) is 0 Å². The molecule has 0 bridgehead atoms. The second-order valence-electron chi connectivity index (χ2n) is 6.40. The van der Waals surface area contributed by atoms with Crippen molar-refractivity contribution in [1.29, 1.82) is 0 Å². The average molecular weight is 325 g/mol. The molecule has 2 nitrogen and oxygen atoms in total. The maximum Gasteiger partial charge on any atom is 0.338 e. The van der Waals surface area contributed by atoms with Crippen LogP contribution < -0.4 is 0 Å². The molecule has 0 aromatic rings. The summed E-state index contributed by atoms with van der Waals surface area (Å²) in [5.74, 6) is 0. The maximum absolute atomic E-state index is 6.19. The van der Waals surface area contributed by atoms with Crippen LogP contribution in [0.15, 0.2) is 23.8 Å². The smallest absolute Gasteiger partial charge is 0.338 e. The molecule has 3 heteroatoms. The summed E-state index contributed by atoms with van der Waals surface area (Å²) in [4.78, 5) is 0. The van der Waals surface area contributed by atoms with Gasteiger partial charge in [0, 0.05) is 18.8 Å². The maximum atomic E-state index is 6.19. The van der Waals surface area contributed by atoms with Gasteiger partial charge in [0.05, 0.1) is 0 Å². The fourth-order valence-corrected chi connectivity index (χ4v) is 6.37. The predicted octanol–water partition coefficient (Wildman–Crippen LogP) is 6.14. The van der Waals surface area contributed by atoms with E-state index in [9.17, 15) is 0 Å². The standard InChI is InChI=1S/C19H36O2Si/c1-5-8-9-10-11-16-19(17-18-14-12-13-15-18)22(4,20-6-2)21-7-3/h12,14-15,19H,5-11,13,16-17H2,1-4H3. The lowest BCUT2D eigenvalue weighted by Crippen LogP contribution is -2.44. The molecule has 1 unspecified atom stereocenters. The molecule has 1 aliphatic rings. The van der Waals surface area contributed by atoms with Gasteiger partial charge in [0.25, 0.3) is 0 Å². The molecular formula is C19H36O2Si. The molecule has 0 fully saturated rings. The normalized spacial score (nSPS) is 16.1. The van der Waals surface area contributed by atoms with Crippen LogP contribution >= 0.6 is 0 Å². The molecule has 0 radical (unpaired) electrons. The molecule has 22 heavy (non-hydrogen) atoms. The minimum Gasteiger partial charge on any atom is -0.394 e. The first-order valence-corrected chi connectivity index (χ1v) is 11.7. The largest absolute Gasteiger partial charge is 0.394 e. The highest BCUT2D eigenvalue weighted by atomic mass is 28.4. The minimum absolute atomic E-state index is 0.572. The van der Waals surface area contributed by atoms with Crippen LogP contribution in [0.5, 0.6) is 0 Å². The van der Waals surface area contributed by atoms with Gasteiger partial charge in [-0.15, -0.1) is 0 Å². The number of rotatable bonds is 13.